The van der Waals surface area contributed by atoms with Crippen LogP contribution in [0.25, 0.3) is 0 Å². The normalized spacial score (nSPS) is 9.73. The van der Waals surface area contributed by atoms with Crippen LogP contribution in [-0.2, 0) is 14.3 Å². The van der Waals surface area contributed by atoms with Crippen LogP contribution in [0.15, 0.2) is 18.2 Å². The summed E-state index contributed by atoms with van der Waals surface area (Å²) in [6, 6.07) is 2.85. The van der Waals surface area contributed by atoms with E-state index in [2.05, 4.69) is 15.4 Å². The molecule has 0 aromatic heterocycles. The summed E-state index contributed by atoms with van der Waals surface area (Å²) in [7, 11) is 1.19. The molecular formula is C12H12FN3O5S. The first-order chi connectivity index (χ1) is 10.3. The van der Waals surface area contributed by atoms with Gasteiger partial charge >= 0.3 is 5.97 Å². The zero-order valence-electron chi connectivity index (χ0n) is 11.4. The van der Waals surface area contributed by atoms with Gasteiger partial charge in [-0.1, -0.05) is 0 Å². The van der Waals surface area contributed by atoms with Gasteiger partial charge in [0.15, 0.2) is 5.11 Å². The third kappa shape index (κ3) is 5.40. The van der Waals surface area contributed by atoms with E-state index in [1.165, 1.54) is 7.11 Å². The molecule has 0 saturated heterocycles. The van der Waals surface area contributed by atoms with Crippen LogP contribution in [0, 0.1) is 15.9 Å². The van der Waals surface area contributed by atoms with Crippen molar-refractivity contribution in [3.63, 3.8) is 0 Å². The molecule has 10 heteroatoms. The van der Waals surface area contributed by atoms with E-state index in [9.17, 15) is 24.1 Å². The number of amides is 1. The number of carbonyl (C=O) groups excluding carboxylic acids is 2. The van der Waals surface area contributed by atoms with Gasteiger partial charge in [0.1, 0.15) is 5.82 Å². The molecule has 0 aliphatic carbocycles. The molecular weight excluding hydrogens is 317 g/mol. The van der Waals surface area contributed by atoms with E-state index in [4.69, 9.17) is 12.2 Å². The Morgan fingerprint density at radius 1 is 1.41 bits per heavy atom. The van der Waals surface area contributed by atoms with Crippen LogP contribution in [0.1, 0.15) is 12.8 Å². The fraction of sp³-hybridized carbons (Fsp3) is 0.250. The van der Waals surface area contributed by atoms with Gasteiger partial charge in [-0.3, -0.25) is 19.7 Å². The highest BCUT2D eigenvalue weighted by atomic mass is 32.1. The summed E-state index contributed by atoms with van der Waals surface area (Å²) < 4.78 is 17.9. The molecule has 0 aliphatic rings. The monoisotopic (exact) mass is 329 g/mol. The first-order valence-electron chi connectivity index (χ1n) is 5.95. The fourth-order valence-corrected chi connectivity index (χ4v) is 1.61. The van der Waals surface area contributed by atoms with E-state index in [-0.39, 0.29) is 29.3 Å². The second-order valence-corrected chi connectivity index (χ2v) is 4.41. The number of nitro groups is 1. The van der Waals surface area contributed by atoms with E-state index < -0.39 is 22.6 Å². The maximum atomic E-state index is 13.5. The Bertz CT molecular complexity index is 623. The minimum absolute atomic E-state index is 0.129. The lowest BCUT2D eigenvalue weighted by Crippen LogP contribution is -2.34. The van der Waals surface area contributed by atoms with Crippen molar-refractivity contribution < 1.29 is 23.6 Å². The van der Waals surface area contributed by atoms with Gasteiger partial charge in [-0.15, -0.1) is 0 Å². The maximum Gasteiger partial charge on any atom is 0.306 e. The summed E-state index contributed by atoms with van der Waals surface area (Å²) in [6.45, 7) is 0. The number of rotatable bonds is 5. The third-order valence-corrected chi connectivity index (χ3v) is 2.65. The fourth-order valence-electron chi connectivity index (χ4n) is 1.38. The average molecular weight is 329 g/mol. The first-order valence-corrected chi connectivity index (χ1v) is 6.36. The zero-order valence-corrected chi connectivity index (χ0v) is 12.2. The summed E-state index contributed by atoms with van der Waals surface area (Å²) >= 11 is 4.79. The number of non-ortho nitro benzene ring substituents is 1. The van der Waals surface area contributed by atoms with E-state index in [1.54, 1.807) is 0 Å². The summed E-state index contributed by atoms with van der Waals surface area (Å²) in [5.74, 6) is -1.90. The molecule has 0 bridgehead atoms. The number of methoxy groups -OCH3 is 1. The van der Waals surface area contributed by atoms with Gasteiger partial charge in [0, 0.05) is 18.6 Å². The average Bonchev–Trinajstić information content (AvgIpc) is 2.46. The van der Waals surface area contributed by atoms with Gasteiger partial charge < -0.3 is 15.4 Å². The van der Waals surface area contributed by atoms with Gasteiger partial charge in [-0.25, -0.2) is 4.39 Å². The number of ether oxygens (including phenoxy) is 1. The SMILES string of the molecule is COC(=O)CCC(=O)NC(=S)Nc1cc([N+](=O)[O-])ccc1F. The minimum atomic E-state index is -0.767. The Morgan fingerprint density at radius 2 is 2.09 bits per heavy atom. The third-order valence-electron chi connectivity index (χ3n) is 2.45. The van der Waals surface area contributed by atoms with Crippen molar-refractivity contribution in [2.45, 2.75) is 12.8 Å². The Hall–Kier alpha value is -2.62. The molecule has 0 aliphatic heterocycles. The van der Waals surface area contributed by atoms with Crippen molar-refractivity contribution in [3.8, 4) is 0 Å². The van der Waals surface area contributed by atoms with Crippen LogP contribution in [0.3, 0.4) is 0 Å². The molecule has 1 amide bonds. The second-order valence-electron chi connectivity index (χ2n) is 4.00. The first kappa shape index (κ1) is 17.4. The summed E-state index contributed by atoms with van der Waals surface area (Å²) in [6.07, 6.45) is -0.290. The highest BCUT2D eigenvalue weighted by molar-refractivity contribution is 7.80. The number of nitrogens with zero attached hydrogens (tertiary/aromatic N) is 1. The smallest absolute Gasteiger partial charge is 0.306 e. The Kier molecular flexibility index (Phi) is 6.32. The van der Waals surface area contributed by atoms with E-state index in [0.29, 0.717) is 0 Å². The number of nitro benzene ring substituents is 1. The predicted molar refractivity (Wildman–Crippen MR) is 78.7 cm³/mol. The molecule has 0 heterocycles. The van der Waals surface area contributed by atoms with Crippen LogP contribution in [0.5, 0.6) is 0 Å². The maximum absolute atomic E-state index is 13.5. The van der Waals surface area contributed by atoms with Gasteiger partial charge in [-0.2, -0.15) is 0 Å². The molecule has 0 radical (unpaired) electrons. The van der Waals surface area contributed by atoms with Crippen molar-refractivity contribution in [2.75, 3.05) is 12.4 Å². The van der Waals surface area contributed by atoms with Crippen LogP contribution < -0.4 is 10.6 Å². The van der Waals surface area contributed by atoms with E-state index >= 15 is 0 Å². The van der Waals surface area contributed by atoms with Crippen LogP contribution in [0.2, 0.25) is 0 Å². The van der Waals surface area contributed by atoms with Crippen molar-refractivity contribution in [1.82, 2.24) is 5.32 Å². The number of benzene rings is 1. The number of nitrogens with one attached hydrogen (secondary N) is 2. The molecule has 1 aromatic rings. The van der Waals surface area contributed by atoms with E-state index in [0.717, 1.165) is 18.2 Å². The molecule has 118 valence electrons. The number of anilines is 1. The van der Waals surface area contributed by atoms with Crippen molar-refractivity contribution in [2.24, 2.45) is 0 Å². The van der Waals surface area contributed by atoms with Crippen LogP contribution in [0.4, 0.5) is 15.8 Å². The van der Waals surface area contributed by atoms with Crippen LogP contribution in [-0.4, -0.2) is 29.0 Å². The van der Waals surface area contributed by atoms with Crippen molar-refractivity contribution in [1.29, 1.82) is 0 Å². The standard InChI is InChI=1S/C12H12FN3O5S/c1-21-11(18)5-4-10(17)15-12(22)14-9-6-7(16(19)20)2-3-8(9)13/h2-3,6H,4-5H2,1H3,(H2,14,15,17,22). The second kappa shape index (κ2) is 7.98. The zero-order chi connectivity index (χ0) is 16.7. The lowest BCUT2D eigenvalue weighted by atomic mass is 10.2. The number of hydrogen-bond donors (Lipinski definition) is 2. The molecule has 0 atom stereocenters. The largest absolute Gasteiger partial charge is 0.469 e. The Morgan fingerprint density at radius 3 is 2.68 bits per heavy atom. The van der Waals surface area contributed by atoms with Crippen molar-refractivity contribution in [3.05, 3.63) is 34.1 Å². The number of esters is 1. The molecule has 22 heavy (non-hydrogen) atoms. The molecule has 0 saturated carbocycles. The molecule has 0 spiro atoms. The molecule has 1 rings (SSSR count). The summed E-state index contributed by atoms with van der Waals surface area (Å²) in [4.78, 5) is 32.3. The van der Waals surface area contributed by atoms with E-state index in [1.807, 2.05) is 0 Å². The highest BCUT2D eigenvalue weighted by Gasteiger charge is 2.13. The number of hydrogen-bond acceptors (Lipinski definition) is 6. The lowest BCUT2D eigenvalue weighted by molar-refractivity contribution is -0.384. The summed E-state index contributed by atoms with van der Waals surface area (Å²) in [5, 5.41) is 14.9. The van der Waals surface area contributed by atoms with Crippen LogP contribution >= 0.6 is 12.2 Å². The Balaban J connectivity index is 2.61. The topological polar surface area (TPSA) is 111 Å². The highest BCUT2D eigenvalue weighted by Crippen LogP contribution is 2.21. The molecule has 0 unspecified atom stereocenters. The minimum Gasteiger partial charge on any atom is -0.469 e. The molecule has 8 nitrogen and oxygen atoms in total. The predicted octanol–water partition coefficient (Wildman–Crippen LogP) is 1.50. The van der Waals surface area contributed by atoms with Gasteiger partial charge in [0.05, 0.1) is 24.1 Å². The van der Waals surface area contributed by atoms with Crippen molar-refractivity contribution >= 4 is 40.6 Å². The Labute approximate surface area is 129 Å². The molecule has 0 fully saturated rings. The summed E-state index contributed by atoms with van der Waals surface area (Å²) in [5.41, 5.74) is -0.573. The number of thiocarbonyl (C=S) groups is 1. The lowest BCUT2D eigenvalue weighted by Gasteiger charge is -2.10. The van der Waals surface area contributed by atoms with Gasteiger partial charge in [0.2, 0.25) is 5.91 Å². The quantitative estimate of drug-likeness (QED) is 0.364. The number of halogens is 1. The van der Waals surface area contributed by atoms with Gasteiger partial charge in [-0.05, 0) is 18.3 Å². The number of carbonyl (C=O) groups is 2. The molecule has 2 N–H and O–H groups in total. The molecule has 1 aromatic carbocycles. The van der Waals surface area contributed by atoms with Gasteiger partial charge in [0.25, 0.3) is 5.69 Å².